The van der Waals surface area contributed by atoms with E-state index in [1.165, 1.54) is 0 Å². The molecule has 0 radical (unpaired) electrons. The number of ether oxygens (including phenoxy) is 1. The summed E-state index contributed by atoms with van der Waals surface area (Å²) in [5, 5.41) is 5.89. The molecule has 1 fully saturated rings. The highest BCUT2D eigenvalue weighted by Gasteiger charge is 2.38. The lowest BCUT2D eigenvalue weighted by molar-refractivity contribution is -0.159. The van der Waals surface area contributed by atoms with Gasteiger partial charge in [0.05, 0.1) is 13.2 Å². The normalized spacial score (nSPS) is 15.1. The molecule has 0 unspecified atom stereocenters. The van der Waals surface area contributed by atoms with E-state index in [0.29, 0.717) is 18.8 Å². The number of aromatic nitrogens is 2. The quantitative estimate of drug-likeness (QED) is 0.866. The molecule has 1 aromatic carbocycles. The minimum Gasteiger partial charge on any atom is -0.378 e. The van der Waals surface area contributed by atoms with Crippen molar-refractivity contribution in [2.75, 3.05) is 37.7 Å². The molecule has 1 saturated heterocycles. The third-order valence-corrected chi connectivity index (χ3v) is 3.83. The molecule has 0 atom stereocenters. The maximum atomic E-state index is 12.4. The summed E-state index contributed by atoms with van der Waals surface area (Å²) in [5.74, 6) is -1.82. The number of morpholine rings is 1. The van der Waals surface area contributed by atoms with E-state index >= 15 is 0 Å². The molecule has 2 aromatic rings. The van der Waals surface area contributed by atoms with Crippen molar-refractivity contribution >= 4 is 11.6 Å². The molecule has 1 aromatic heterocycles. The number of nitrogens with zero attached hydrogens (tertiary/aromatic N) is 3. The topological polar surface area (TPSA) is 80.5 Å². The van der Waals surface area contributed by atoms with Gasteiger partial charge in [0.1, 0.15) is 0 Å². The molecule has 0 bridgehead atoms. The van der Waals surface area contributed by atoms with E-state index in [0.717, 1.165) is 18.8 Å². The molecule has 1 aliphatic heterocycles. The van der Waals surface area contributed by atoms with Crippen LogP contribution < -0.4 is 10.2 Å². The third-order valence-electron chi connectivity index (χ3n) is 3.83. The van der Waals surface area contributed by atoms with Gasteiger partial charge in [-0.25, -0.2) is 0 Å². The average Bonchev–Trinajstić information content (AvgIpc) is 3.12. The maximum Gasteiger partial charge on any atom is 0.471 e. The molecule has 26 heavy (non-hydrogen) atoms. The van der Waals surface area contributed by atoms with Gasteiger partial charge >= 0.3 is 12.1 Å². The number of amides is 1. The summed E-state index contributed by atoms with van der Waals surface area (Å²) in [6, 6.07) is 7.15. The van der Waals surface area contributed by atoms with E-state index < -0.39 is 12.1 Å². The molecule has 0 saturated carbocycles. The Labute approximate surface area is 147 Å². The first kappa shape index (κ1) is 18.2. The summed E-state index contributed by atoms with van der Waals surface area (Å²) < 4.78 is 46.6. The van der Waals surface area contributed by atoms with Crippen LogP contribution in [0.2, 0.25) is 0 Å². The SMILES string of the molecule is O=C(NCCc1noc(C(F)(F)F)n1)c1cccc(N2CCOCC2)c1. The fraction of sp³-hybridized carbons (Fsp3) is 0.438. The number of benzene rings is 1. The van der Waals surface area contributed by atoms with Crippen LogP contribution in [0.3, 0.4) is 0 Å². The van der Waals surface area contributed by atoms with Crippen molar-refractivity contribution in [2.24, 2.45) is 0 Å². The van der Waals surface area contributed by atoms with Gasteiger partial charge in [0.15, 0.2) is 5.82 Å². The minimum atomic E-state index is -4.67. The molecule has 2 heterocycles. The van der Waals surface area contributed by atoms with Crippen molar-refractivity contribution in [1.29, 1.82) is 0 Å². The molecule has 1 aliphatic rings. The molecule has 140 valence electrons. The molecule has 7 nitrogen and oxygen atoms in total. The minimum absolute atomic E-state index is 0.0362. The number of rotatable bonds is 5. The lowest BCUT2D eigenvalue weighted by atomic mass is 10.1. The van der Waals surface area contributed by atoms with Crippen LogP contribution in [0, 0.1) is 0 Å². The van der Waals surface area contributed by atoms with Gasteiger partial charge in [-0.2, -0.15) is 18.2 Å². The van der Waals surface area contributed by atoms with Gasteiger partial charge in [-0.05, 0) is 18.2 Å². The Hall–Kier alpha value is -2.62. The second-order valence-corrected chi connectivity index (χ2v) is 5.67. The molecule has 0 aliphatic carbocycles. The van der Waals surface area contributed by atoms with Gasteiger partial charge in [0, 0.05) is 37.3 Å². The van der Waals surface area contributed by atoms with Crippen LogP contribution >= 0.6 is 0 Å². The van der Waals surface area contributed by atoms with E-state index in [4.69, 9.17) is 4.74 Å². The van der Waals surface area contributed by atoms with Crippen LogP contribution in [0.4, 0.5) is 18.9 Å². The van der Waals surface area contributed by atoms with Crippen molar-refractivity contribution < 1.29 is 27.2 Å². The van der Waals surface area contributed by atoms with Crippen molar-refractivity contribution in [3.8, 4) is 0 Å². The highest BCUT2D eigenvalue weighted by molar-refractivity contribution is 5.95. The Morgan fingerprint density at radius 3 is 2.73 bits per heavy atom. The van der Waals surface area contributed by atoms with Gasteiger partial charge in [-0.1, -0.05) is 11.2 Å². The number of halogens is 3. The predicted octanol–water partition coefficient (Wildman–Crippen LogP) is 1.90. The zero-order valence-corrected chi connectivity index (χ0v) is 13.8. The zero-order chi connectivity index (χ0) is 18.6. The second kappa shape index (κ2) is 7.73. The van der Waals surface area contributed by atoms with Crippen LogP contribution in [-0.2, 0) is 17.3 Å². The van der Waals surface area contributed by atoms with Gasteiger partial charge in [-0.3, -0.25) is 4.79 Å². The largest absolute Gasteiger partial charge is 0.471 e. The monoisotopic (exact) mass is 370 g/mol. The van der Waals surface area contributed by atoms with Crippen molar-refractivity contribution in [3.05, 3.63) is 41.5 Å². The summed E-state index contributed by atoms with van der Waals surface area (Å²) in [5.41, 5.74) is 1.40. The Morgan fingerprint density at radius 2 is 2.04 bits per heavy atom. The van der Waals surface area contributed by atoms with Crippen molar-refractivity contribution in [1.82, 2.24) is 15.5 Å². The molecular formula is C16H17F3N4O3. The maximum absolute atomic E-state index is 12.4. The van der Waals surface area contributed by atoms with E-state index in [2.05, 4.69) is 24.9 Å². The standard InChI is InChI=1S/C16H17F3N4O3/c17-16(18,19)15-21-13(22-26-15)4-5-20-14(24)11-2-1-3-12(10-11)23-6-8-25-9-7-23/h1-3,10H,4-9H2,(H,20,24). The van der Waals surface area contributed by atoms with Crippen LogP contribution in [-0.4, -0.2) is 48.9 Å². The number of nitrogens with one attached hydrogen (secondary N) is 1. The lowest BCUT2D eigenvalue weighted by Gasteiger charge is -2.29. The van der Waals surface area contributed by atoms with Crippen molar-refractivity contribution in [3.63, 3.8) is 0 Å². The van der Waals surface area contributed by atoms with Gasteiger partial charge in [0.2, 0.25) is 0 Å². The van der Waals surface area contributed by atoms with E-state index in [9.17, 15) is 18.0 Å². The first-order chi connectivity index (χ1) is 12.4. The van der Waals surface area contributed by atoms with Crippen LogP contribution in [0.15, 0.2) is 28.8 Å². The predicted molar refractivity (Wildman–Crippen MR) is 84.8 cm³/mol. The van der Waals surface area contributed by atoms with Gasteiger partial charge < -0.3 is 19.5 Å². The number of alkyl halides is 3. The fourth-order valence-corrected chi connectivity index (χ4v) is 2.53. The summed E-state index contributed by atoms with van der Waals surface area (Å²) >= 11 is 0. The summed E-state index contributed by atoms with van der Waals surface area (Å²) in [6.07, 6.45) is -4.64. The Bertz CT molecular complexity index is 757. The Kier molecular flexibility index (Phi) is 5.40. The van der Waals surface area contributed by atoms with Crippen molar-refractivity contribution in [2.45, 2.75) is 12.6 Å². The second-order valence-electron chi connectivity index (χ2n) is 5.67. The molecule has 1 N–H and O–H groups in total. The molecule has 10 heteroatoms. The Balaban J connectivity index is 1.54. The number of anilines is 1. The first-order valence-corrected chi connectivity index (χ1v) is 8.04. The number of carbonyl (C=O) groups is 1. The highest BCUT2D eigenvalue weighted by Crippen LogP contribution is 2.27. The van der Waals surface area contributed by atoms with E-state index in [-0.39, 0.29) is 24.7 Å². The molecule has 3 rings (SSSR count). The Morgan fingerprint density at radius 1 is 1.27 bits per heavy atom. The molecule has 1 amide bonds. The average molecular weight is 370 g/mol. The van der Waals surface area contributed by atoms with E-state index in [1.807, 2.05) is 6.07 Å². The smallest absolute Gasteiger partial charge is 0.378 e. The van der Waals surface area contributed by atoms with Crippen LogP contribution in [0.25, 0.3) is 0 Å². The van der Waals surface area contributed by atoms with E-state index in [1.54, 1.807) is 18.2 Å². The highest BCUT2D eigenvalue weighted by atomic mass is 19.4. The van der Waals surface area contributed by atoms with Crippen LogP contribution in [0.1, 0.15) is 22.1 Å². The van der Waals surface area contributed by atoms with Crippen LogP contribution in [0.5, 0.6) is 0 Å². The first-order valence-electron chi connectivity index (χ1n) is 8.04. The third kappa shape index (κ3) is 4.51. The number of carbonyl (C=O) groups excluding carboxylic acids is 1. The number of hydrogen-bond donors (Lipinski definition) is 1. The summed E-state index contributed by atoms with van der Waals surface area (Å²) in [4.78, 5) is 17.6. The van der Waals surface area contributed by atoms with Gasteiger partial charge in [0.25, 0.3) is 5.91 Å². The fourth-order valence-electron chi connectivity index (χ4n) is 2.53. The molecule has 0 spiro atoms. The lowest BCUT2D eigenvalue weighted by Crippen LogP contribution is -2.36. The molecular weight excluding hydrogens is 353 g/mol. The summed E-state index contributed by atoms with van der Waals surface area (Å²) in [7, 11) is 0. The van der Waals surface area contributed by atoms with Gasteiger partial charge in [-0.15, -0.1) is 0 Å². The summed E-state index contributed by atoms with van der Waals surface area (Å²) in [6.45, 7) is 2.88. The number of hydrogen-bond acceptors (Lipinski definition) is 6. The zero-order valence-electron chi connectivity index (χ0n) is 13.8.